The number of nitrogens with zero attached hydrogens (tertiary/aromatic N) is 1. The van der Waals surface area contributed by atoms with E-state index in [2.05, 4.69) is 28.4 Å². The number of carbonyl (C=O) groups is 1. The molecule has 0 aliphatic carbocycles. The maximum atomic E-state index is 12.2. The molecule has 1 aliphatic rings. The van der Waals surface area contributed by atoms with E-state index >= 15 is 0 Å². The van der Waals surface area contributed by atoms with Gasteiger partial charge in [0.2, 0.25) is 0 Å². The van der Waals surface area contributed by atoms with Crippen molar-refractivity contribution in [2.75, 3.05) is 19.7 Å². The molecule has 0 atom stereocenters. The number of nitrogens with one attached hydrogen (secondary N) is 1. The third kappa shape index (κ3) is 5.98. The lowest BCUT2D eigenvalue weighted by Gasteiger charge is -2.27. The first-order valence-electron chi connectivity index (χ1n) is 9.56. The molecule has 1 amide bonds. The molecule has 0 unspecified atom stereocenters. The Bertz CT molecular complexity index is 773. The van der Waals surface area contributed by atoms with Gasteiger partial charge in [0.1, 0.15) is 5.75 Å². The molecule has 2 aromatic carbocycles. The summed E-state index contributed by atoms with van der Waals surface area (Å²) in [5.41, 5.74) is 3.48. The average Bonchev–Trinajstić information content (AvgIpc) is 2.69. The van der Waals surface area contributed by atoms with Crippen molar-refractivity contribution in [2.45, 2.75) is 39.3 Å². The Balaban J connectivity index is 1.52. The normalized spacial score (nSPS) is 14.7. The topological polar surface area (TPSA) is 41.6 Å². The highest BCUT2D eigenvalue weighted by Gasteiger charge is 2.13. The van der Waals surface area contributed by atoms with Crippen LogP contribution in [0.15, 0.2) is 42.5 Å². The van der Waals surface area contributed by atoms with Crippen molar-refractivity contribution in [3.63, 3.8) is 0 Å². The lowest BCUT2D eigenvalue weighted by Crippen LogP contribution is -2.31. The third-order valence-corrected chi connectivity index (χ3v) is 5.19. The van der Waals surface area contributed by atoms with E-state index in [4.69, 9.17) is 16.3 Å². The molecule has 0 saturated carbocycles. The molecule has 1 aliphatic heterocycles. The minimum atomic E-state index is -0.152. The predicted octanol–water partition coefficient (Wildman–Crippen LogP) is 4.33. The zero-order chi connectivity index (χ0) is 19.1. The number of likely N-dealkylation sites (tertiary alicyclic amines) is 1. The fraction of sp³-hybridized carbons (Fsp3) is 0.409. The number of ether oxygens (including phenoxy) is 1. The molecular weight excluding hydrogens is 360 g/mol. The second-order valence-corrected chi connectivity index (χ2v) is 7.51. The van der Waals surface area contributed by atoms with Crippen molar-refractivity contribution in [3.05, 3.63) is 64.2 Å². The average molecular weight is 387 g/mol. The number of hydrogen-bond acceptors (Lipinski definition) is 3. The number of aryl methyl sites for hydroxylation is 1. The van der Waals surface area contributed by atoms with E-state index in [9.17, 15) is 4.79 Å². The number of piperidine rings is 1. The van der Waals surface area contributed by atoms with Gasteiger partial charge in [0.05, 0.1) is 5.02 Å². The van der Waals surface area contributed by atoms with E-state index in [0.29, 0.717) is 17.3 Å². The van der Waals surface area contributed by atoms with Gasteiger partial charge in [-0.3, -0.25) is 9.69 Å². The van der Waals surface area contributed by atoms with E-state index in [-0.39, 0.29) is 12.5 Å². The van der Waals surface area contributed by atoms with Crippen LogP contribution in [0.4, 0.5) is 0 Å². The minimum Gasteiger partial charge on any atom is -0.482 e. The standard InChI is InChI=1S/C22H27ClN2O2/c1-17-9-10-20(23)21(13-17)27-16-22(26)24-14-18-7-3-4-8-19(18)15-25-11-5-2-6-12-25/h3-4,7-10,13H,2,5-6,11-12,14-16H2,1H3,(H,24,26). The van der Waals surface area contributed by atoms with Crippen molar-refractivity contribution >= 4 is 17.5 Å². The molecule has 1 N–H and O–H groups in total. The summed E-state index contributed by atoms with van der Waals surface area (Å²) in [6.07, 6.45) is 3.88. The third-order valence-electron chi connectivity index (χ3n) is 4.88. The molecular formula is C22H27ClN2O2. The van der Waals surface area contributed by atoms with Crippen LogP contribution >= 0.6 is 11.6 Å². The van der Waals surface area contributed by atoms with Crippen LogP contribution in [0, 0.1) is 6.92 Å². The quantitative estimate of drug-likeness (QED) is 0.770. The molecule has 27 heavy (non-hydrogen) atoms. The van der Waals surface area contributed by atoms with Gasteiger partial charge >= 0.3 is 0 Å². The first-order chi connectivity index (χ1) is 13.1. The van der Waals surface area contributed by atoms with Crippen molar-refractivity contribution in [1.29, 1.82) is 0 Å². The van der Waals surface area contributed by atoms with Crippen molar-refractivity contribution in [2.24, 2.45) is 0 Å². The van der Waals surface area contributed by atoms with Gasteiger partial charge in [0.25, 0.3) is 5.91 Å². The lowest BCUT2D eigenvalue weighted by molar-refractivity contribution is -0.123. The highest BCUT2D eigenvalue weighted by atomic mass is 35.5. The summed E-state index contributed by atoms with van der Waals surface area (Å²) in [7, 11) is 0. The Morgan fingerprint density at radius 1 is 1.11 bits per heavy atom. The Kier molecular flexibility index (Phi) is 7.13. The first kappa shape index (κ1) is 19.7. The fourth-order valence-corrected chi connectivity index (χ4v) is 3.52. The van der Waals surface area contributed by atoms with E-state index in [0.717, 1.165) is 30.8 Å². The summed E-state index contributed by atoms with van der Waals surface area (Å²) in [4.78, 5) is 14.7. The van der Waals surface area contributed by atoms with Crippen molar-refractivity contribution in [1.82, 2.24) is 10.2 Å². The van der Waals surface area contributed by atoms with Gasteiger partial charge in [-0.25, -0.2) is 0 Å². The second-order valence-electron chi connectivity index (χ2n) is 7.10. The molecule has 144 valence electrons. The van der Waals surface area contributed by atoms with Gasteiger partial charge in [-0.05, 0) is 61.7 Å². The zero-order valence-electron chi connectivity index (χ0n) is 15.8. The summed E-state index contributed by atoms with van der Waals surface area (Å²) >= 11 is 6.10. The summed E-state index contributed by atoms with van der Waals surface area (Å²) in [6, 6.07) is 13.8. The SMILES string of the molecule is Cc1ccc(Cl)c(OCC(=O)NCc2ccccc2CN2CCCCC2)c1. The molecule has 1 saturated heterocycles. The molecule has 5 heteroatoms. The van der Waals surface area contributed by atoms with Crippen LogP contribution in [0.2, 0.25) is 5.02 Å². The number of amides is 1. The van der Waals surface area contributed by atoms with E-state index in [1.165, 1.54) is 24.8 Å². The van der Waals surface area contributed by atoms with Crippen LogP contribution in [0.5, 0.6) is 5.75 Å². The fourth-order valence-electron chi connectivity index (χ4n) is 3.35. The summed E-state index contributed by atoms with van der Waals surface area (Å²) in [6.45, 7) is 5.69. The Hall–Kier alpha value is -2.04. The van der Waals surface area contributed by atoms with Crippen LogP contribution in [-0.4, -0.2) is 30.5 Å². The minimum absolute atomic E-state index is 0.0442. The molecule has 3 rings (SSSR count). The second kappa shape index (κ2) is 9.77. The van der Waals surface area contributed by atoms with Crippen LogP contribution in [0.25, 0.3) is 0 Å². The Morgan fingerprint density at radius 3 is 2.63 bits per heavy atom. The predicted molar refractivity (Wildman–Crippen MR) is 109 cm³/mol. The summed E-state index contributed by atoms with van der Waals surface area (Å²) in [5.74, 6) is 0.387. The van der Waals surface area contributed by atoms with Crippen LogP contribution in [-0.2, 0) is 17.9 Å². The maximum absolute atomic E-state index is 12.2. The molecule has 1 fully saturated rings. The first-order valence-corrected chi connectivity index (χ1v) is 9.94. The van der Waals surface area contributed by atoms with E-state index < -0.39 is 0 Å². The number of carbonyl (C=O) groups excluding carboxylic acids is 1. The summed E-state index contributed by atoms with van der Waals surface area (Å²) < 4.78 is 5.57. The van der Waals surface area contributed by atoms with E-state index in [1.54, 1.807) is 6.07 Å². The van der Waals surface area contributed by atoms with Gasteiger partial charge in [-0.1, -0.05) is 48.4 Å². The van der Waals surface area contributed by atoms with Gasteiger partial charge in [0, 0.05) is 13.1 Å². The Morgan fingerprint density at radius 2 is 1.85 bits per heavy atom. The van der Waals surface area contributed by atoms with Crippen LogP contribution in [0.1, 0.15) is 36.0 Å². The molecule has 0 spiro atoms. The largest absolute Gasteiger partial charge is 0.482 e. The van der Waals surface area contributed by atoms with Gasteiger partial charge in [0.15, 0.2) is 6.61 Å². The van der Waals surface area contributed by atoms with Gasteiger partial charge in [-0.2, -0.15) is 0 Å². The monoisotopic (exact) mass is 386 g/mol. The van der Waals surface area contributed by atoms with Crippen molar-refractivity contribution < 1.29 is 9.53 Å². The molecule has 1 heterocycles. The molecule has 2 aromatic rings. The zero-order valence-corrected chi connectivity index (χ0v) is 16.6. The number of rotatable bonds is 7. The smallest absolute Gasteiger partial charge is 0.258 e. The molecule has 0 radical (unpaired) electrons. The Labute approximate surface area is 166 Å². The molecule has 0 aromatic heterocycles. The number of halogens is 1. The highest BCUT2D eigenvalue weighted by Crippen LogP contribution is 2.25. The van der Waals surface area contributed by atoms with E-state index in [1.807, 2.05) is 25.1 Å². The maximum Gasteiger partial charge on any atom is 0.258 e. The van der Waals surface area contributed by atoms with Gasteiger partial charge < -0.3 is 10.1 Å². The van der Waals surface area contributed by atoms with Gasteiger partial charge in [-0.15, -0.1) is 0 Å². The molecule has 0 bridgehead atoms. The van der Waals surface area contributed by atoms with Crippen molar-refractivity contribution in [3.8, 4) is 5.75 Å². The number of benzene rings is 2. The number of hydrogen-bond donors (Lipinski definition) is 1. The van der Waals surface area contributed by atoms with Crippen LogP contribution < -0.4 is 10.1 Å². The molecule has 4 nitrogen and oxygen atoms in total. The highest BCUT2D eigenvalue weighted by molar-refractivity contribution is 6.32. The van der Waals surface area contributed by atoms with Crippen LogP contribution in [0.3, 0.4) is 0 Å². The summed E-state index contributed by atoms with van der Waals surface area (Å²) in [5, 5.41) is 3.47. The lowest BCUT2D eigenvalue weighted by atomic mass is 10.0.